The van der Waals surface area contributed by atoms with Gasteiger partial charge in [-0.05, 0) is 66.6 Å². The predicted molar refractivity (Wildman–Crippen MR) is 159 cm³/mol. The monoisotopic (exact) mass is 697 g/mol. The van der Waals surface area contributed by atoms with Gasteiger partial charge in [0.15, 0.2) is 27.2 Å². The van der Waals surface area contributed by atoms with Gasteiger partial charge in [-0.2, -0.15) is 13.2 Å². The van der Waals surface area contributed by atoms with Crippen molar-refractivity contribution in [2.45, 2.75) is 50.7 Å². The molecule has 254 valence electrons. The first-order valence-electron chi connectivity index (χ1n) is 14.1. The molecule has 16 heteroatoms. The summed E-state index contributed by atoms with van der Waals surface area (Å²) in [5, 5.41) is 9.65. The van der Waals surface area contributed by atoms with Gasteiger partial charge < -0.3 is 18.8 Å². The van der Waals surface area contributed by atoms with Gasteiger partial charge in [-0.1, -0.05) is 19.9 Å². The Hall–Kier alpha value is -4.70. The fourth-order valence-electron chi connectivity index (χ4n) is 5.00. The van der Waals surface area contributed by atoms with Gasteiger partial charge in [-0.3, -0.25) is 0 Å². The quantitative estimate of drug-likeness (QED) is 0.163. The summed E-state index contributed by atoms with van der Waals surface area (Å²) < 4.78 is 131. The highest BCUT2D eigenvalue weighted by Gasteiger charge is 2.35. The average molecular weight is 698 g/mol. The van der Waals surface area contributed by atoms with Crippen molar-refractivity contribution in [1.82, 2.24) is 14.5 Å². The highest BCUT2D eigenvalue weighted by atomic mass is 32.2. The third kappa shape index (κ3) is 7.08. The van der Waals surface area contributed by atoms with Crippen LogP contribution in [-0.2, 0) is 22.6 Å². The maximum atomic E-state index is 15.1. The number of imidazole rings is 1. The fourth-order valence-corrected chi connectivity index (χ4v) is 5.95. The van der Waals surface area contributed by atoms with E-state index in [9.17, 15) is 39.9 Å². The molecule has 48 heavy (non-hydrogen) atoms. The molecule has 5 rings (SSSR count). The van der Waals surface area contributed by atoms with Crippen molar-refractivity contribution >= 4 is 9.84 Å². The second-order valence-corrected chi connectivity index (χ2v) is 13.1. The largest absolute Gasteiger partial charge is 0.573 e. The van der Waals surface area contributed by atoms with Crippen LogP contribution in [0.25, 0.3) is 39.4 Å². The highest BCUT2D eigenvalue weighted by Crippen LogP contribution is 2.42. The molecule has 3 aromatic carbocycles. The third-order valence-corrected chi connectivity index (χ3v) is 8.38. The van der Waals surface area contributed by atoms with Crippen molar-refractivity contribution in [3.63, 3.8) is 0 Å². The topological polar surface area (TPSA) is 107 Å². The maximum Gasteiger partial charge on any atom is 0.573 e. The number of aromatic nitrogens is 3. The van der Waals surface area contributed by atoms with Gasteiger partial charge in [0.25, 0.3) is 0 Å². The molecular formula is C32H26F7N3O5S. The summed E-state index contributed by atoms with van der Waals surface area (Å²) in [6.07, 6.45) is -8.11. The van der Waals surface area contributed by atoms with E-state index in [1.165, 1.54) is 37.3 Å². The number of nitrogens with zero attached hydrogens (tertiary/aromatic N) is 3. The van der Waals surface area contributed by atoms with E-state index < -0.39 is 56.7 Å². The third-order valence-electron chi connectivity index (χ3n) is 7.22. The van der Waals surface area contributed by atoms with Crippen LogP contribution in [0.3, 0.4) is 0 Å². The Balaban J connectivity index is 1.79. The smallest absolute Gasteiger partial charge is 0.440 e. The Morgan fingerprint density at radius 2 is 1.58 bits per heavy atom. The van der Waals surface area contributed by atoms with E-state index in [0.717, 1.165) is 41.3 Å². The van der Waals surface area contributed by atoms with Gasteiger partial charge >= 0.3 is 12.5 Å². The summed E-state index contributed by atoms with van der Waals surface area (Å²) in [7, 11) is -4.02. The number of aliphatic hydroxyl groups excluding tert-OH is 1. The molecule has 0 radical (unpaired) electrons. The summed E-state index contributed by atoms with van der Waals surface area (Å²) in [5.41, 5.74) is -0.766. The molecule has 5 aromatic rings. The van der Waals surface area contributed by atoms with E-state index in [4.69, 9.17) is 4.42 Å². The SMILES string of the molecule is Cc1nc(C(F)(F)F)cn1-c1ccc(-c2cc(F)c(CO)c(S(C)(=O)=O)c2)cc1-c1oc(C(C)C)nc1-c1ccc(OC(F)(F)F)cc1. The molecule has 0 aliphatic heterocycles. The summed E-state index contributed by atoms with van der Waals surface area (Å²) in [6, 6.07) is 11.1. The van der Waals surface area contributed by atoms with Crippen molar-refractivity contribution in [2.75, 3.05) is 6.26 Å². The standard InChI is InChI=1S/C32H26F7N3O5S/c1-16(2)30-41-28(18-5-8-21(9-6-18)47-32(37,38)39)29(46-30)22-11-19(20-12-24(33)23(15-43)26(13-20)48(4,44)45)7-10-25(22)42-14-27(31(34,35)36)40-17(42)3/h5-14,16,43H,15H2,1-4H3. The van der Waals surface area contributed by atoms with Gasteiger partial charge in [0.05, 0.1) is 17.2 Å². The number of aliphatic hydroxyl groups is 1. The second kappa shape index (κ2) is 12.4. The Morgan fingerprint density at radius 3 is 2.12 bits per heavy atom. The molecule has 0 aliphatic carbocycles. The molecule has 0 fully saturated rings. The summed E-state index contributed by atoms with van der Waals surface area (Å²) in [6.45, 7) is 3.95. The van der Waals surface area contributed by atoms with Crippen LogP contribution < -0.4 is 4.74 Å². The summed E-state index contributed by atoms with van der Waals surface area (Å²) in [4.78, 5) is 7.72. The number of alkyl halides is 6. The van der Waals surface area contributed by atoms with Crippen molar-refractivity contribution in [3.05, 3.63) is 89.6 Å². The molecule has 0 bridgehead atoms. The van der Waals surface area contributed by atoms with Crippen LogP contribution in [-0.4, -0.2) is 40.7 Å². The number of sulfone groups is 1. The van der Waals surface area contributed by atoms with E-state index in [2.05, 4.69) is 14.7 Å². The lowest BCUT2D eigenvalue weighted by Crippen LogP contribution is -2.16. The van der Waals surface area contributed by atoms with E-state index in [0.29, 0.717) is 0 Å². The van der Waals surface area contributed by atoms with Gasteiger partial charge in [0, 0.05) is 35.1 Å². The molecule has 0 saturated carbocycles. The minimum absolute atomic E-state index is 0.00233. The zero-order chi connectivity index (χ0) is 35.3. The zero-order valence-corrected chi connectivity index (χ0v) is 26.4. The van der Waals surface area contributed by atoms with E-state index in [1.807, 2.05) is 0 Å². The summed E-state index contributed by atoms with van der Waals surface area (Å²) in [5.74, 6) is -1.72. The van der Waals surface area contributed by atoms with Crippen LogP contribution in [0.5, 0.6) is 5.75 Å². The molecule has 2 heterocycles. The Bertz CT molecular complexity index is 2100. The van der Waals surface area contributed by atoms with Crippen LogP contribution in [0.1, 0.15) is 42.7 Å². The first-order chi connectivity index (χ1) is 22.3. The lowest BCUT2D eigenvalue weighted by atomic mass is 9.97. The van der Waals surface area contributed by atoms with Crippen LogP contribution >= 0.6 is 0 Å². The lowest BCUT2D eigenvalue weighted by molar-refractivity contribution is -0.274. The predicted octanol–water partition coefficient (Wildman–Crippen LogP) is 8.25. The summed E-state index contributed by atoms with van der Waals surface area (Å²) >= 11 is 0. The van der Waals surface area contributed by atoms with E-state index in [-0.39, 0.29) is 57.0 Å². The molecule has 8 nitrogen and oxygen atoms in total. The second-order valence-electron chi connectivity index (χ2n) is 11.1. The molecule has 0 amide bonds. The molecular weight excluding hydrogens is 671 g/mol. The Morgan fingerprint density at radius 1 is 0.938 bits per heavy atom. The minimum atomic E-state index is -4.94. The van der Waals surface area contributed by atoms with Crippen LogP contribution in [0.2, 0.25) is 0 Å². The number of aryl methyl sites for hydroxylation is 1. The average Bonchev–Trinajstić information content (AvgIpc) is 3.60. The Labute approximate surface area is 269 Å². The maximum absolute atomic E-state index is 15.1. The zero-order valence-electron chi connectivity index (χ0n) is 25.5. The van der Waals surface area contributed by atoms with Gasteiger partial charge in [-0.25, -0.2) is 22.8 Å². The van der Waals surface area contributed by atoms with Gasteiger partial charge in [0.1, 0.15) is 23.1 Å². The molecule has 0 unspecified atom stereocenters. The van der Waals surface area contributed by atoms with Gasteiger partial charge in [0.2, 0.25) is 0 Å². The normalized spacial score (nSPS) is 12.6. The number of halogens is 7. The Kier molecular flexibility index (Phi) is 8.94. The molecule has 0 aliphatic rings. The number of hydrogen-bond donors (Lipinski definition) is 1. The van der Waals surface area contributed by atoms with E-state index in [1.54, 1.807) is 13.8 Å². The van der Waals surface area contributed by atoms with Crippen LogP contribution in [0.15, 0.2) is 70.1 Å². The number of ether oxygens (including phenoxy) is 1. The van der Waals surface area contributed by atoms with Crippen LogP contribution in [0, 0.1) is 12.7 Å². The molecule has 0 spiro atoms. The fraction of sp³-hybridized carbons (Fsp3) is 0.250. The minimum Gasteiger partial charge on any atom is -0.440 e. The highest BCUT2D eigenvalue weighted by molar-refractivity contribution is 7.90. The number of hydrogen-bond acceptors (Lipinski definition) is 7. The number of oxazole rings is 1. The number of rotatable bonds is 8. The first kappa shape index (κ1) is 34.6. The lowest BCUT2D eigenvalue weighted by Gasteiger charge is -2.15. The molecule has 0 atom stereocenters. The van der Waals surface area contributed by atoms with Gasteiger partial charge in [-0.15, -0.1) is 13.2 Å². The van der Waals surface area contributed by atoms with Crippen molar-refractivity contribution < 1.29 is 53.4 Å². The van der Waals surface area contributed by atoms with Crippen molar-refractivity contribution in [3.8, 4) is 45.1 Å². The first-order valence-corrected chi connectivity index (χ1v) is 15.9. The molecule has 1 N–H and O–H groups in total. The number of benzene rings is 3. The van der Waals surface area contributed by atoms with Crippen molar-refractivity contribution in [2.24, 2.45) is 0 Å². The molecule has 2 aromatic heterocycles. The van der Waals surface area contributed by atoms with Crippen molar-refractivity contribution in [1.29, 1.82) is 0 Å². The molecule has 0 saturated heterocycles. The van der Waals surface area contributed by atoms with E-state index >= 15 is 4.39 Å². The van der Waals surface area contributed by atoms with Crippen LogP contribution in [0.4, 0.5) is 30.7 Å².